The number of carbonyl (C=O) groups excluding carboxylic acids is 1. The molecule has 6 aromatic rings. The molecule has 0 aliphatic carbocycles. The first kappa shape index (κ1) is 22.6. The summed E-state index contributed by atoms with van der Waals surface area (Å²) in [6.45, 7) is 1.92. The fraction of sp³-hybridized carbons (Fsp3) is 0.0606. The molecular formula is C33H25NO3. The Labute approximate surface area is 214 Å². The van der Waals surface area contributed by atoms with Crippen molar-refractivity contribution in [3.05, 3.63) is 115 Å². The van der Waals surface area contributed by atoms with E-state index in [2.05, 4.69) is 35.6 Å². The molecule has 0 radical (unpaired) electrons. The van der Waals surface area contributed by atoms with Crippen LogP contribution >= 0.6 is 0 Å². The van der Waals surface area contributed by atoms with Crippen molar-refractivity contribution in [2.24, 2.45) is 0 Å². The van der Waals surface area contributed by atoms with Gasteiger partial charge < -0.3 is 14.5 Å². The van der Waals surface area contributed by atoms with E-state index in [1.54, 1.807) is 19.4 Å². The second kappa shape index (κ2) is 9.32. The maximum Gasteiger partial charge on any atom is 0.248 e. The van der Waals surface area contributed by atoms with E-state index in [1.807, 2.05) is 73.7 Å². The van der Waals surface area contributed by atoms with E-state index in [0.29, 0.717) is 5.75 Å². The summed E-state index contributed by atoms with van der Waals surface area (Å²) in [5.41, 5.74) is 5.25. The van der Waals surface area contributed by atoms with Crippen LogP contribution in [0.3, 0.4) is 0 Å². The Balaban J connectivity index is 1.40. The lowest BCUT2D eigenvalue weighted by Gasteiger charge is -2.11. The second-order valence-electron chi connectivity index (χ2n) is 9.07. The highest BCUT2D eigenvalue weighted by molar-refractivity contribution is 6.10. The third-order valence-electron chi connectivity index (χ3n) is 6.80. The number of anilines is 1. The van der Waals surface area contributed by atoms with Gasteiger partial charge in [-0.2, -0.15) is 0 Å². The molecule has 0 atom stereocenters. The van der Waals surface area contributed by atoms with Crippen molar-refractivity contribution < 1.29 is 13.9 Å². The third-order valence-corrected chi connectivity index (χ3v) is 6.80. The molecule has 1 heterocycles. The molecule has 4 nitrogen and oxygen atoms in total. The number of hydrogen-bond donors (Lipinski definition) is 1. The number of fused-ring (bicyclic) bond motifs is 3. The van der Waals surface area contributed by atoms with Crippen LogP contribution in [-0.4, -0.2) is 13.0 Å². The van der Waals surface area contributed by atoms with E-state index in [-0.39, 0.29) is 5.91 Å². The van der Waals surface area contributed by atoms with Crippen molar-refractivity contribution >= 4 is 49.7 Å². The molecule has 6 rings (SSSR count). The molecule has 5 aromatic carbocycles. The van der Waals surface area contributed by atoms with Crippen LogP contribution in [0.2, 0.25) is 0 Å². The first-order valence-corrected chi connectivity index (χ1v) is 12.2. The summed E-state index contributed by atoms with van der Waals surface area (Å²) in [4.78, 5) is 13.0. The number of nitrogens with one attached hydrogen (secondary N) is 1. The molecule has 0 unspecified atom stereocenters. The average molecular weight is 484 g/mol. The molecule has 0 saturated carbocycles. The van der Waals surface area contributed by atoms with Gasteiger partial charge in [-0.3, -0.25) is 4.79 Å². The van der Waals surface area contributed by atoms with Gasteiger partial charge in [-0.15, -0.1) is 0 Å². The Morgan fingerprint density at radius 1 is 0.784 bits per heavy atom. The van der Waals surface area contributed by atoms with E-state index >= 15 is 0 Å². The molecule has 37 heavy (non-hydrogen) atoms. The van der Waals surface area contributed by atoms with E-state index in [0.717, 1.165) is 55.1 Å². The minimum Gasteiger partial charge on any atom is -0.496 e. The normalized spacial score (nSPS) is 11.8. The fourth-order valence-electron chi connectivity index (χ4n) is 4.98. The lowest BCUT2D eigenvalue weighted by Crippen LogP contribution is -2.09. The highest BCUT2D eigenvalue weighted by Gasteiger charge is 2.16. The summed E-state index contributed by atoms with van der Waals surface area (Å²) in [5, 5.41) is 8.41. The van der Waals surface area contributed by atoms with Crippen molar-refractivity contribution in [3.8, 4) is 16.9 Å². The summed E-state index contributed by atoms with van der Waals surface area (Å²) in [6, 6.07) is 32.4. The third kappa shape index (κ3) is 4.13. The quantitative estimate of drug-likeness (QED) is 0.250. The van der Waals surface area contributed by atoms with Gasteiger partial charge in [0.1, 0.15) is 11.3 Å². The Bertz CT molecular complexity index is 1820. The number of allylic oxidation sites excluding steroid dienone is 1. The SMILES string of the molecule is COc1cc2occ(-c3cccc4ccccc34)c2cc1/C(C)=C/C(=O)Nc1cccc2ccccc12. The molecule has 0 fully saturated rings. The number of ether oxygens (including phenoxy) is 1. The van der Waals surface area contributed by atoms with E-state index in [4.69, 9.17) is 9.15 Å². The van der Waals surface area contributed by atoms with Crippen LogP contribution in [0.25, 0.3) is 49.2 Å². The van der Waals surface area contributed by atoms with Crippen molar-refractivity contribution in [2.45, 2.75) is 6.92 Å². The Hall–Kier alpha value is -4.83. The number of methoxy groups -OCH3 is 1. The van der Waals surface area contributed by atoms with Crippen molar-refractivity contribution in [1.29, 1.82) is 0 Å². The number of carbonyl (C=O) groups is 1. The first-order valence-electron chi connectivity index (χ1n) is 12.2. The van der Waals surface area contributed by atoms with Crippen LogP contribution in [0, 0.1) is 0 Å². The van der Waals surface area contributed by atoms with Crippen LogP contribution in [0.1, 0.15) is 12.5 Å². The Morgan fingerprint density at radius 3 is 2.24 bits per heavy atom. The van der Waals surface area contributed by atoms with Gasteiger partial charge in [0, 0.05) is 39.7 Å². The summed E-state index contributed by atoms with van der Waals surface area (Å²) in [7, 11) is 1.63. The average Bonchev–Trinajstić information content (AvgIpc) is 3.34. The molecule has 0 aliphatic heterocycles. The number of amides is 1. The number of furan rings is 1. The van der Waals surface area contributed by atoms with Gasteiger partial charge in [-0.25, -0.2) is 0 Å². The molecule has 1 aromatic heterocycles. The van der Waals surface area contributed by atoms with Gasteiger partial charge in [0.25, 0.3) is 0 Å². The largest absolute Gasteiger partial charge is 0.496 e. The van der Waals surface area contributed by atoms with Gasteiger partial charge in [0.2, 0.25) is 5.91 Å². The van der Waals surface area contributed by atoms with Crippen molar-refractivity contribution in [1.82, 2.24) is 0 Å². The van der Waals surface area contributed by atoms with Crippen molar-refractivity contribution in [2.75, 3.05) is 12.4 Å². The topological polar surface area (TPSA) is 51.5 Å². The molecule has 4 heteroatoms. The molecule has 0 aliphatic rings. The smallest absolute Gasteiger partial charge is 0.248 e. The molecule has 0 bridgehead atoms. The Kier molecular flexibility index (Phi) is 5.70. The van der Waals surface area contributed by atoms with Crippen LogP contribution in [0.4, 0.5) is 5.69 Å². The van der Waals surface area contributed by atoms with Gasteiger partial charge in [0.05, 0.1) is 13.4 Å². The van der Waals surface area contributed by atoms with Crippen LogP contribution < -0.4 is 10.1 Å². The minimum atomic E-state index is -0.197. The minimum absolute atomic E-state index is 0.197. The first-order chi connectivity index (χ1) is 18.1. The molecule has 1 amide bonds. The lowest BCUT2D eigenvalue weighted by molar-refractivity contribution is -0.111. The van der Waals surface area contributed by atoms with E-state index in [1.165, 1.54) is 5.39 Å². The Morgan fingerprint density at radius 2 is 1.46 bits per heavy atom. The monoisotopic (exact) mass is 483 g/mol. The molecule has 1 N–H and O–H groups in total. The van der Waals surface area contributed by atoms with Crippen LogP contribution in [-0.2, 0) is 4.79 Å². The standard InChI is InChI=1S/C33H25NO3/c1-21(17-33(35)34-30-16-8-12-23-10-4-6-14-25(23)30)27-18-28-29(20-37-32(28)19-31(27)36-2)26-15-7-11-22-9-3-5-13-24(22)26/h3-20H,1-2H3,(H,34,35)/b21-17+. The summed E-state index contributed by atoms with van der Waals surface area (Å²) in [5.74, 6) is 0.454. The van der Waals surface area contributed by atoms with Crippen molar-refractivity contribution in [3.63, 3.8) is 0 Å². The lowest BCUT2D eigenvalue weighted by atomic mass is 9.96. The zero-order valence-electron chi connectivity index (χ0n) is 20.6. The second-order valence-corrected chi connectivity index (χ2v) is 9.07. The van der Waals surface area contributed by atoms with Gasteiger partial charge in [-0.05, 0) is 46.4 Å². The van der Waals surface area contributed by atoms with E-state index in [9.17, 15) is 4.79 Å². The molecule has 180 valence electrons. The van der Waals surface area contributed by atoms with Gasteiger partial charge in [0.15, 0.2) is 0 Å². The predicted molar refractivity (Wildman–Crippen MR) is 152 cm³/mol. The molecule has 0 spiro atoms. The maximum atomic E-state index is 13.0. The number of benzene rings is 5. The highest BCUT2D eigenvalue weighted by Crippen LogP contribution is 2.39. The predicted octanol–water partition coefficient (Wildman–Crippen LogP) is 8.46. The van der Waals surface area contributed by atoms with E-state index < -0.39 is 0 Å². The van der Waals surface area contributed by atoms with Crippen LogP contribution in [0.15, 0.2) is 114 Å². The number of rotatable bonds is 5. The zero-order valence-corrected chi connectivity index (χ0v) is 20.6. The summed E-state index contributed by atoms with van der Waals surface area (Å²) in [6.07, 6.45) is 3.41. The number of hydrogen-bond acceptors (Lipinski definition) is 3. The molecule has 0 saturated heterocycles. The fourth-order valence-corrected chi connectivity index (χ4v) is 4.98. The summed E-state index contributed by atoms with van der Waals surface area (Å²) < 4.78 is 11.6. The molecular weight excluding hydrogens is 458 g/mol. The zero-order chi connectivity index (χ0) is 25.4. The van der Waals surface area contributed by atoms with Crippen LogP contribution in [0.5, 0.6) is 5.75 Å². The van der Waals surface area contributed by atoms with Gasteiger partial charge >= 0.3 is 0 Å². The highest BCUT2D eigenvalue weighted by atomic mass is 16.5. The summed E-state index contributed by atoms with van der Waals surface area (Å²) >= 11 is 0. The van der Waals surface area contributed by atoms with Gasteiger partial charge in [-0.1, -0.05) is 78.9 Å². The maximum absolute atomic E-state index is 13.0.